The molecule has 0 heterocycles. The van der Waals surface area contributed by atoms with E-state index in [1.54, 1.807) is 0 Å². The third-order valence-electron chi connectivity index (χ3n) is 4.44. The Hall–Kier alpha value is -0.0400. The first-order valence-electron chi connectivity index (χ1n) is 6.42. The number of hydrogen-bond acceptors (Lipinski definition) is 1. The van der Waals surface area contributed by atoms with Crippen molar-refractivity contribution in [1.82, 2.24) is 5.32 Å². The van der Waals surface area contributed by atoms with Crippen LogP contribution in [0.5, 0.6) is 0 Å². The van der Waals surface area contributed by atoms with Crippen LogP contribution in [0.3, 0.4) is 0 Å². The summed E-state index contributed by atoms with van der Waals surface area (Å²) in [5.41, 5.74) is 0. The standard InChI is InChI=1S/C13H25N/c1-9-5-4-6-10(2)13(9)14-8-12-7-11(12)3/h9-14H,4-8H2,1-3H3. The molecule has 4 atom stereocenters. The molecule has 2 saturated carbocycles. The molecule has 0 aromatic carbocycles. The summed E-state index contributed by atoms with van der Waals surface area (Å²) in [6, 6.07) is 0.802. The molecule has 0 aromatic rings. The van der Waals surface area contributed by atoms with Crippen molar-refractivity contribution >= 4 is 0 Å². The molecule has 0 aliphatic heterocycles. The molecule has 0 amide bonds. The molecule has 0 spiro atoms. The summed E-state index contributed by atoms with van der Waals surface area (Å²) >= 11 is 0. The molecule has 1 nitrogen and oxygen atoms in total. The van der Waals surface area contributed by atoms with Crippen molar-refractivity contribution in [3.8, 4) is 0 Å². The SMILES string of the molecule is CC1CC1CNC1C(C)CCCC1C. The van der Waals surface area contributed by atoms with Crippen LogP contribution in [0, 0.1) is 23.7 Å². The van der Waals surface area contributed by atoms with Crippen LogP contribution in [-0.4, -0.2) is 12.6 Å². The molecule has 1 heteroatoms. The van der Waals surface area contributed by atoms with Gasteiger partial charge in [-0.2, -0.15) is 0 Å². The van der Waals surface area contributed by atoms with E-state index in [1.807, 2.05) is 0 Å². The van der Waals surface area contributed by atoms with Gasteiger partial charge in [0.15, 0.2) is 0 Å². The minimum absolute atomic E-state index is 0.802. The van der Waals surface area contributed by atoms with Crippen molar-refractivity contribution in [1.29, 1.82) is 0 Å². The summed E-state index contributed by atoms with van der Waals surface area (Å²) < 4.78 is 0. The van der Waals surface area contributed by atoms with Crippen LogP contribution in [0.15, 0.2) is 0 Å². The van der Waals surface area contributed by atoms with Crippen molar-refractivity contribution in [2.45, 2.75) is 52.5 Å². The molecule has 1 N–H and O–H groups in total. The predicted molar refractivity (Wildman–Crippen MR) is 61.2 cm³/mol. The van der Waals surface area contributed by atoms with E-state index in [0.29, 0.717) is 0 Å². The van der Waals surface area contributed by atoms with Crippen molar-refractivity contribution < 1.29 is 0 Å². The maximum absolute atomic E-state index is 3.81. The second-order valence-electron chi connectivity index (χ2n) is 5.79. The zero-order chi connectivity index (χ0) is 10.1. The lowest BCUT2D eigenvalue weighted by Crippen LogP contribution is -2.43. The number of hydrogen-bond donors (Lipinski definition) is 1. The van der Waals surface area contributed by atoms with Gasteiger partial charge in [-0.15, -0.1) is 0 Å². The third kappa shape index (κ3) is 2.31. The van der Waals surface area contributed by atoms with Crippen molar-refractivity contribution in [3.05, 3.63) is 0 Å². The first-order valence-corrected chi connectivity index (χ1v) is 6.42. The van der Waals surface area contributed by atoms with Gasteiger partial charge in [0.05, 0.1) is 0 Å². The van der Waals surface area contributed by atoms with Crippen LogP contribution in [0.1, 0.15) is 46.5 Å². The minimum Gasteiger partial charge on any atom is -0.313 e. The molecular weight excluding hydrogens is 170 g/mol. The topological polar surface area (TPSA) is 12.0 Å². The highest BCUT2D eigenvalue weighted by molar-refractivity contribution is 4.88. The van der Waals surface area contributed by atoms with Gasteiger partial charge in [0.25, 0.3) is 0 Å². The molecule has 2 aliphatic rings. The Bertz CT molecular complexity index is 180. The lowest BCUT2D eigenvalue weighted by Gasteiger charge is -2.35. The van der Waals surface area contributed by atoms with Gasteiger partial charge in [0, 0.05) is 6.04 Å². The molecule has 2 fully saturated rings. The van der Waals surface area contributed by atoms with Crippen molar-refractivity contribution in [2.24, 2.45) is 23.7 Å². The zero-order valence-corrected chi connectivity index (χ0v) is 9.92. The van der Waals surface area contributed by atoms with E-state index in [4.69, 9.17) is 0 Å². The van der Waals surface area contributed by atoms with Gasteiger partial charge >= 0.3 is 0 Å². The highest BCUT2D eigenvalue weighted by Crippen LogP contribution is 2.37. The van der Waals surface area contributed by atoms with Crippen LogP contribution < -0.4 is 5.32 Å². The Morgan fingerprint density at radius 3 is 2.07 bits per heavy atom. The highest BCUT2D eigenvalue weighted by atomic mass is 14.9. The Morgan fingerprint density at radius 1 is 1.00 bits per heavy atom. The third-order valence-corrected chi connectivity index (χ3v) is 4.44. The van der Waals surface area contributed by atoms with Crippen molar-refractivity contribution in [3.63, 3.8) is 0 Å². The molecular formula is C13H25N. The molecule has 4 unspecified atom stereocenters. The second kappa shape index (κ2) is 4.22. The first-order chi connectivity index (χ1) is 6.68. The van der Waals surface area contributed by atoms with E-state index in [0.717, 1.165) is 29.7 Å². The van der Waals surface area contributed by atoms with Crippen LogP contribution in [0.4, 0.5) is 0 Å². The predicted octanol–water partition coefficient (Wildman–Crippen LogP) is 3.06. The maximum atomic E-state index is 3.81. The normalized spacial score (nSPS) is 47.8. The summed E-state index contributed by atoms with van der Waals surface area (Å²) in [6.07, 6.45) is 5.77. The van der Waals surface area contributed by atoms with Crippen LogP contribution in [0.25, 0.3) is 0 Å². The summed E-state index contributed by atoms with van der Waals surface area (Å²) in [4.78, 5) is 0. The fraction of sp³-hybridized carbons (Fsp3) is 1.00. The summed E-state index contributed by atoms with van der Waals surface area (Å²) in [5.74, 6) is 3.79. The molecule has 2 aliphatic carbocycles. The molecule has 0 aromatic heterocycles. The first kappa shape index (κ1) is 10.5. The fourth-order valence-electron chi connectivity index (χ4n) is 3.06. The van der Waals surface area contributed by atoms with Crippen LogP contribution in [0.2, 0.25) is 0 Å². The minimum atomic E-state index is 0.802. The highest BCUT2D eigenvalue weighted by Gasteiger charge is 2.34. The van der Waals surface area contributed by atoms with Crippen molar-refractivity contribution in [2.75, 3.05) is 6.54 Å². The number of rotatable bonds is 3. The molecule has 2 rings (SSSR count). The fourth-order valence-corrected chi connectivity index (χ4v) is 3.06. The molecule has 0 bridgehead atoms. The monoisotopic (exact) mass is 195 g/mol. The number of nitrogens with one attached hydrogen (secondary N) is 1. The van der Waals surface area contributed by atoms with E-state index in [9.17, 15) is 0 Å². The lowest BCUT2D eigenvalue weighted by atomic mass is 9.78. The van der Waals surface area contributed by atoms with Gasteiger partial charge in [-0.05, 0) is 49.5 Å². The summed E-state index contributed by atoms with van der Waals surface area (Å²) in [5, 5.41) is 3.81. The Morgan fingerprint density at radius 2 is 1.57 bits per heavy atom. The lowest BCUT2D eigenvalue weighted by molar-refractivity contribution is 0.207. The van der Waals surface area contributed by atoms with E-state index < -0.39 is 0 Å². The van der Waals surface area contributed by atoms with Gasteiger partial charge in [-0.25, -0.2) is 0 Å². The van der Waals surface area contributed by atoms with Gasteiger partial charge in [0.2, 0.25) is 0 Å². The van der Waals surface area contributed by atoms with Gasteiger partial charge in [-0.1, -0.05) is 27.2 Å². The largest absolute Gasteiger partial charge is 0.313 e. The molecule has 0 radical (unpaired) electrons. The summed E-state index contributed by atoms with van der Waals surface area (Å²) in [7, 11) is 0. The molecule has 82 valence electrons. The smallest absolute Gasteiger partial charge is 0.0118 e. The Kier molecular flexibility index (Phi) is 3.16. The molecule has 0 saturated heterocycles. The van der Waals surface area contributed by atoms with Gasteiger partial charge in [-0.3, -0.25) is 0 Å². The quantitative estimate of drug-likeness (QED) is 0.730. The maximum Gasteiger partial charge on any atom is 0.0118 e. The van der Waals surface area contributed by atoms with E-state index in [1.165, 1.54) is 32.2 Å². The van der Waals surface area contributed by atoms with E-state index in [-0.39, 0.29) is 0 Å². The molecule has 14 heavy (non-hydrogen) atoms. The van der Waals surface area contributed by atoms with Crippen LogP contribution in [-0.2, 0) is 0 Å². The Balaban J connectivity index is 1.76. The average molecular weight is 195 g/mol. The van der Waals surface area contributed by atoms with Crippen LogP contribution >= 0.6 is 0 Å². The van der Waals surface area contributed by atoms with Gasteiger partial charge in [0.1, 0.15) is 0 Å². The summed E-state index contributed by atoms with van der Waals surface area (Å²) in [6.45, 7) is 8.49. The average Bonchev–Trinajstić information content (AvgIpc) is 2.81. The van der Waals surface area contributed by atoms with Gasteiger partial charge < -0.3 is 5.32 Å². The van der Waals surface area contributed by atoms with E-state index >= 15 is 0 Å². The Labute approximate surface area is 88.7 Å². The second-order valence-corrected chi connectivity index (χ2v) is 5.79. The zero-order valence-electron chi connectivity index (χ0n) is 9.92. The van der Waals surface area contributed by atoms with E-state index in [2.05, 4.69) is 26.1 Å².